The molecule has 0 unspecified atom stereocenters. The van der Waals surface area contributed by atoms with E-state index in [1.165, 1.54) is 18.0 Å². The molecule has 0 saturated carbocycles. The quantitative estimate of drug-likeness (QED) is 0.648. The van der Waals surface area contributed by atoms with E-state index in [2.05, 4.69) is 15.5 Å². The molecular weight excluding hydrogens is 338 g/mol. The largest absolute Gasteiger partial charge is 0.494 e. The van der Waals surface area contributed by atoms with Gasteiger partial charge in [0.25, 0.3) is 0 Å². The van der Waals surface area contributed by atoms with Crippen molar-refractivity contribution in [2.24, 2.45) is 0 Å². The molecule has 0 saturated heterocycles. The highest BCUT2D eigenvalue weighted by atomic mass is 32.2. The molecule has 0 radical (unpaired) electrons. The molecule has 3 aromatic rings. The van der Waals surface area contributed by atoms with Crippen LogP contribution >= 0.6 is 11.8 Å². The second-order valence-corrected chi connectivity index (χ2v) is 6.02. The van der Waals surface area contributed by atoms with Crippen LogP contribution in [0.2, 0.25) is 0 Å². The van der Waals surface area contributed by atoms with E-state index >= 15 is 0 Å². The third-order valence-electron chi connectivity index (χ3n) is 3.24. The van der Waals surface area contributed by atoms with Crippen LogP contribution in [0.25, 0.3) is 11.3 Å². The summed E-state index contributed by atoms with van der Waals surface area (Å²) in [5.41, 5.74) is 1.73. The lowest BCUT2D eigenvalue weighted by Gasteiger charge is -2.05. The highest BCUT2D eigenvalue weighted by Gasteiger charge is 2.07. The number of hydrogen-bond acceptors (Lipinski definition) is 6. The van der Waals surface area contributed by atoms with Gasteiger partial charge in [0.05, 0.1) is 24.3 Å². The van der Waals surface area contributed by atoms with E-state index in [4.69, 9.17) is 9.15 Å². The first-order valence-corrected chi connectivity index (χ1v) is 8.76. The van der Waals surface area contributed by atoms with Crippen molar-refractivity contribution in [1.29, 1.82) is 0 Å². The van der Waals surface area contributed by atoms with Crippen LogP contribution in [0.15, 0.2) is 64.2 Å². The van der Waals surface area contributed by atoms with Gasteiger partial charge in [0.15, 0.2) is 5.88 Å². The summed E-state index contributed by atoms with van der Waals surface area (Å²) in [6.07, 6.45) is 1.51. The summed E-state index contributed by atoms with van der Waals surface area (Å²) in [6.45, 7) is 2.59. The topological polar surface area (TPSA) is 77.2 Å². The average molecular weight is 355 g/mol. The maximum atomic E-state index is 11.8. The van der Waals surface area contributed by atoms with Gasteiger partial charge < -0.3 is 9.15 Å². The first kappa shape index (κ1) is 17.0. The fourth-order valence-corrected chi connectivity index (χ4v) is 2.72. The Morgan fingerprint density at radius 1 is 1.16 bits per heavy atom. The molecule has 25 heavy (non-hydrogen) atoms. The minimum Gasteiger partial charge on any atom is -0.494 e. The summed E-state index contributed by atoms with van der Waals surface area (Å²) in [4.78, 5) is 11.8. The molecule has 7 heteroatoms. The van der Waals surface area contributed by atoms with Crippen LogP contribution in [0.5, 0.6) is 5.75 Å². The van der Waals surface area contributed by atoms with Gasteiger partial charge in [-0.3, -0.25) is 10.1 Å². The molecule has 0 aliphatic rings. The second-order valence-electron chi connectivity index (χ2n) is 5.03. The standard InChI is InChI=1S/C18H17N3O3S/c1-2-23-14-7-5-13(6-8-14)15-9-10-18(21-20-15)25-12-16(22)19-17-4-3-11-24-17/h3-11H,2,12H2,1H3,(H,19,22). The molecule has 128 valence electrons. The predicted octanol–water partition coefficient (Wildman–Crippen LogP) is 3.87. The molecule has 0 fully saturated rings. The highest BCUT2D eigenvalue weighted by molar-refractivity contribution is 7.99. The van der Waals surface area contributed by atoms with Gasteiger partial charge in [-0.25, -0.2) is 0 Å². The number of thioether (sulfide) groups is 1. The van der Waals surface area contributed by atoms with Gasteiger partial charge >= 0.3 is 0 Å². The van der Waals surface area contributed by atoms with E-state index in [9.17, 15) is 4.79 Å². The summed E-state index contributed by atoms with van der Waals surface area (Å²) in [7, 11) is 0. The van der Waals surface area contributed by atoms with E-state index in [1.54, 1.807) is 12.1 Å². The minimum atomic E-state index is -0.155. The third-order valence-corrected chi connectivity index (χ3v) is 4.16. The molecule has 2 heterocycles. The number of carbonyl (C=O) groups is 1. The summed E-state index contributed by atoms with van der Waals surface area (Å²) in [6, 6.07) is 14.8. The lowest BCUT2D eigenvalue weighted by atomic mass is 10.1. The van der Waals surface area contributed by atoms with Crippen molar-refractivity contribution in [3.05, 3.63) is 54.8 Å². The van der Waals surface area contributed by atoms with Crippen LogP contribution in [-0.2, 0) is 4.79 Å². The Kier molecular flexibility index (Phi) is 5.69. The second kappa shape index (κ2) is 8.34. The number of ether oxygens (including phenoxy) is 1. The fraction of sp³-hybridized carbons (Fsp3) is 0.167. The Labute approximate surface area is 149 Å². The zero-order valence-electron chi connectivity index (χ0n) is 13.6. The number of nitrogens with one attached hydrogen (secondary N) is 1. The van der Waals surface area contributed by atoms with E-state index in [0.717, 1.165) is 17.0 Å². The molecule has 0 spiro atoms. The fourth-order valence-electron chi connectivity index (χ4n) is 2.10. The maximum absolute atomic E-state index is 11.8. The van der Waals surface area contributed by atoms with E-state index in [-0.39, 0.29) is 11.7 Å². The van der Waals surface area contributed by atoms with E-state index < -0.39 is 0 Å². The smallest absolute Gasteiger partial charge is 0.237 e. The van der Waals surface area contributed by atoms with Gasteiger partial charge in [-0.15, -0.1) is 10.2 Å². The summed E-state index contributed by atoms with van der Waals surface area (Å²) in [5, 5.41) is 11.7. The molecule has 6 nitrogen and oxygen atoms in total. The number of furan rings is 1. The van der Waals surface area contributed by atoms with Crippen molar-refractivity contribution in [3.8, 4) is 17.0 Å². The SMILES string of the molecule is CCOc1ccc(-c2ccc(SCC(=O)Nc3ccco3)nn2)cc1. The highest BCUT2D eigenvalue weighted by Crippen LogP contribution is 2.22. The number of aromatic nitrogens is 2. The summed E-state index contributed by atoms with van der Waals surface area (Å²) >= 11 is 1.32. The van der Waals surface area contributed by atoms with Crippen LogP contribution in [0.4, 0.5) is 5.88 Å². The Balaban J connectivity index is 1.55. The monoisotopic (exact) mass is 355 g/mol. The molecule has 1 aromatic carbocycles. The van der Waals surface area contributed by atoms with Gasteiger partial charge in [-0.1, -0.05) is 11.8 Å². The van der Waals surface area contributed by atoms with Crippen LogP contribution < -0.4 is 10.1 Å². The molecule has 0 aliphatic heterocycles. The Hall–Kier alpha value is -2.80. The number of rotatable bonds is 7. The molecule has 1 amide bonds. The number of hydrogen-bond donors (Lipinski definition) is 1. The molecule has 3 rings (SSSR count). The van der Waals surface area contributed by atoms with Crippen molar-refractivity contribution in [1.82, 2.24) is 10.2 Å². The molecule has 0 atom stereocenters. The molecule has 2 aromatic heterocycles. The zero-order valence-corrected chi connectivity index (χ0v) is 14.5. The van der Waals surface area contributed by atoms with Crippen LogP contribution in [0.1, 0.15) is 6.92 Å². The number of carbonyl (C=O) groups excluding carboxylic acids is 1. The first-order chi connectivity index (χ1) is 12.2. The lowest BCUT2D eigenvalue weighted by Crippen LogP contribution is -2.13. The Morgan fingerprint density at radius 3 is 2.64 bits per heavy atom. The van der Waals surface area contributed by atoms with Gasteiger partial charge in [0.2, 0.25) is 5.91 Å². The van der Waals surface area contributed by atoms with Gasteiger partial charge in [0, 0.05) is 11.6 Å². The van der Waals surface area contributed by atoms with E-state index in [0.29, 0.717) is 17.5 Å². The van der Waals surface area contributed by atoms with Crippen molar-refractivity contribution in [3.63, 3.8) is 0 Å². The summed E-state index contributed by atoms with van der Waals surface area (Å²) in [5.74, 6) is 1.34. The lowest BCUT2D eigenvalue weighted by molar-refractivity contribution is -0.113. The minimum absolute atomic E-state index is 0.155. The maximum Gasteiger partial charge on any atom is 0.237 e. The Bertz CT molecular complexity index is 803. The summed E-state index contributed by atoms with van der Waals surface area (Å²) < 4.78 is 10.5. The van der Waals surface area contributed by atoms with Crippen LogP contribution in [0, 0.1) is 0 Å². The first-order valence-electron chi connectivity index (χ1n) is 7.77. The predicted molar refractivity (Wildman–Crippen MR) is 96.7 cm³/mol. The van der Waals surface area contributed by atoms with Crippen molar-refractivity contribution >= 4 is 23.6 Å². The molecular formula is C18H17N3O3S. The van der Waals surface area contributed by atoms with Gasteiger partial charge in [-0.05, 0) is 49.4 Å². The van der Waals surface area contributed by atoms with Gasteiger partial charge in [-0.2, -0.15) is 0 Å². The number of benzene rings is 1. The molecule has 0 aliphatic carbocycles. The van der Waals surface area contributed by atoms with Crippen molar-refractivity contribution < 1.29 is 13.9 Å². The average Bonchev–Trinajstić information content (AvgIpc) is 3.14. The van der Waals surface area contributed by atoms with E-state index in [1.807, 2.05) is 43.3 Å². The normalized spacial score (nSPS) is 10.4. The number of amides is 1. The molecule has 0 bridgehead atoms. The van der Waals surface area contributed by atoms with Crippen molar-refractivity contribution in [2.45, 2.75) is 11.9 Å². The zero-order chi connectivity index (χ0) is 17.5. The van der Waals surface area contributed by atoms with Gasteiger partial charge in [0.1, 0.15) is 10.8 Å². The van der Waals surface area contributed by atoms with Crippen molar-refractivity contribution in [2.75, 3.05) is 17.7 Å². The third kappa shape index (κ3) is 4.84. The number of anilines is 1. The number of nitrogens with zero attached hydrogens (tertiary/aromatic N) is 2. The Morgan fingerprint density at radius 2 is 2.00 bits per heavy atom. The van der Waals surface area contributed by atoms with Crippen LogP contribution in [0.3, 0.4) is 0 Å². The molecule has 1 N–H and O–H groups in total. The van der Waals surface area contributed by atoms with Crippen LogP contribution in [-0.4, -0.2) is 28.5 Å².